The Kier molecular flexibility index (Phi) is 1.42. The molecule has 0 saturated heterocycles. The lowest BCUT2D eigenvalue weighted by Crippen LogP contribution is -1.96. The molecule has 0 saturated carbocycles. The quantitative estimate of drug-likeness (QED) is 0.596. The van der Waals surface area contributed by atoms with E-state index in [1.165, 1.54) is 0 Å². The van der Waals surface area contributed by atoms with Gasteiger partial charge in [0.1, 0.15) is 5.82 Å². The van der Waals surface area contributed by atoms with E-state index in [1.54, 1.807) is 6.33 Å². The third kappa shape index (κ3) is 0.896. The molecule has 0 radical (unpaired) electrons. The van der Waals surface area contributed by atoms with E-state index in [2.05, 4.69) is 11.9 Å². The van der Waals surface area contributed by atoms with Crippen molar-refractivity contribution in [1.29, 1.82) is 0 Å². The Morgan fingerprint density at radius 3 is 2.67 bits per heavy atom. The highest BCUT2D eigenvalue weighted by atomic mass is 15.1. The van der Waals surface area contributed by atoms with Crippen molar-refractivity contribution < 1.29 is 0 Å². The number of hydrogen-bond donors (Lipinski definition) is 1. The Balaban J connectivity index is 3.07. The molecule has 9 heavy (non-hydrogen) atoms. The summed E-state index contributed by atoms with van der Waals surface area (Å²) in [6, 6.07) is 0. The molecule has 0 atom stereocenters. The number of aryl methyl sites for hydroxylation is 1. The number of anilines is 1. The van der Waals surface area contributed by atoms with E-state index >= 15 is 0 Å². The Morgan fingerprint density at radius 2 is 2.44 bits per heavy atom. The minimum atomic E-state index is 0.653. The molecule has 0 aliphatic carbocycles. The zero-order chi connectivity index (χ0) is 6.85. The van der Waals surface area contributed by atoms with Gasteiger partial charge in [0.2, 0.25) is 0 Å². The minimum Gasteiger partial charge on any atom is -0.382 e. The molecule has 3 nitrogen and oxygen atoms in total. The van der Waals surface area contributed by atoms with Crippen LogP contribution in [0.25, 0.3) is 0 Å². The molecule has 0 unspecified atom stereocenters. The number of nitrogen functional groups attached to an aromatic ring is 1. The number of nitrogens with zero attached hydrogens (tertiary/aromatic N) is 2. The average molecular weight is 125 g/mol. The average Bonchev–Trinajstić information content (AvgIpc) is 2.12. The monoisotopic (exact) mass is 125 g/mol. The fourth-order valence-electron chi connectivity index (χ4n) is 0.904. The predicted octanol–water partition coefficient (Wildman–Crippen LogP) is 0.565. The molecule has 0 amide bonds. The molecule has 1 aromatic rings. The van der Waals surface area contributed by atoms with Crippen molar-refractivity contribution >= 4 is 5.82 Å². The second kappa shape index (κ2) is 2.09. The van der Waals surface area contributed by atoms with E-state index in [-0.39, 0.29) is 0 Å². The second-order valence-corrected chi connectivity index (χ2v) is 2.04. The Hall–Kier alpha value is -0.990. The summed E-state index contributed by atoms with van der Waals surface area (Å²) in [6.07, 6.45) is 2.68. The fourth-order valence-corrected chi connectivity index (χ4v) is 0.904. The van der Waals surface area contributed by atoms with Gasteiger partial charge in [-0.1, -0.05) is 6.92 Å². The molecular weight excluding hydrogens is 114 g/mol. The predicted molar refractivity (Wildman–Crippen MR) is 37.0 cm³/mol. The zero-order valence-electron chi connectivity index (χ0n) is 5.76. The van der Waals surface area contributed by atoms with Crippen molar-refractivity contribution in [3.05, 3.63) is 12.0 Å². The summed E-state index contributed by atoms with van der Waals surface area (Å²) in [5.74, 6) is 0.653. The van der Waals surface area contributed by atoms with E-state index in [0.717, 1.165) is 12.1 Å². The molecule has 0 bridgehead atoms. The fraction of sp³-hybridized carbons (Fsp3) is 0.500. The summed E-state index contributed by atoms with van der Waals surface area (Å²) in [4.78, 5) is 3.93. The maximum atomic E-state index is 5.52. The highest BCUT2D eigenvalue weighted by Gasteiger charge is 1.99. The van der Waals surface area contributed by atoms with E-state index in [4.69, 9.17) is 5.73 Å². The second-order valence-electron chi connectivity index (χ2n) is 2.04. The molecule has 50 valence electrons. The molecular formula is C6H11N3. The van der Waals surface area contributed by atoms with E-state index in [1.807, 2.05) is 11.6 Å². The molecule has 2 N–H and O–H groups in total. The summed E-state index contributed by atoms with van der Waals surface area (Å²) in [5, 5.41) is 0. The van der Waals surface area contributed by atoms with Gasteiger partial charge in [0.05, 0.1) is 12.0 Å². The SMILES string of the molecule is CCc1c(N)ncn1C. The van der Waals surface area contributed by atoms with Crippen LogP contribution < -0.4 is 5.73 Å². The van der Waals surface area contributed by atoms with Gasteiger partial charge in [-0.2, -0.15) is 0 Å². The molecule has 0 fully saturated rings. The van der Waals surface area contributed by atoms with Gasteiger partial charge in [-0.3, -0.25) is 0 Å². The first-order chi connectivity index (χ1) is 4.25. The van der Waals surface area contributed by atoms with Gasteiger partial charge in [0.15, 0.2) is 0 Å². The van der Waals surface area contributed by atoms with E-state index < -0.39 is 0 Å². The van der Waals surface area contributed by atoms with Gasteiger partial charge in [-0.25, -0.2) is 4.98 Å². The summed E-state index contributed by atoms with van der Waals surface area (Å²) >= 11 is 0. The number of imidazole rings is 1. The number of nitrogens with two attached hydrogens (primary N) is 1. The lowest BCUT2D eigenvalue weighted by atomic mass is 10.3. The van der Waals surface area contributed by atoms with Crippen LogP contribution in [0.1, 0.15) is 12.6 Å². The highest BCUT2D eigenvalue weighted by Crippen LogP contribution is 2.06. The van der Waals surface area contributed by atoms with Crippen molar-refractivity contribution in [2.24, 2.45) is 7.05 Å². The first-order valence-electron chi connectivity index (χ1n) is 3.01. The van der Waals surface area contributed by atoms with E-state index in [9.17, 15) is 0 Å². The molecule has 0 spiro atoms. The van der Waals surface area contributed by atoms with Crippen molar-refractivity contribution in [1.82, 2.24) is 9.55 Å². The smallest absolute Gasteiger partial charge is 0.144 e. The maximum absolute atomic E-state index is 5.52. The summed E-state index contributed by atoms with van der Waals surface area (Å²) in [5.41, 5.74) is 6.63. The summed E-state index contributed by atoms with van der Waals surface area (Å²) in [6.45, 7) is 2.06. The summed E-state index contributed by atoms with van der Waals surface area (Å²) < 4.78 is 1.94. The number of aromatic nitrogens is 2. The molecule has 3 heteroatoms. The third-order valence-corrected chi connectivity index (χ3v) is 1.43. The molecule has 0 aliphatic rings. The topological polar surface area (TPSA) is 43.8 Å². The van der Waals surface area contributed by atoms with Crippen LogP contribution in [0.5, 0.6) is 0 Å². The van der Waals surface area contributed by atoms with Gasteiger partial charge in [0, 0.05) is 7.05 Å². The van der Waals surface area contributed by atoms with E-state index in [0.29, 0.717) is 5.82 Å². The van der Waals surface area contributed by atoms with Crippen LogP contribution in [-0.2, 0) is 13.5 Å². The Bertz CT molecular complexity index is 183. The van der Waals surface area contributed by atoms with Crippen molar-refractivity contribution in [2.75, 3.05) is 5.73 Å². The van der Waals surface area contributed by atoms with Gasteiger partial charge in [0.25, 0.3) is 0 Å². The zero-order valence-corrected chi connectivity index (χ0v) is 5.76. The van der Waals surface area contributed by atoms with Crippen molar-refractivity contribution in [3.8, 4) is 0 Å². The van der Waals surface area contributed by atoms with Gasteiger partial charge in [-0.15, -0.1) is 0 Å². The standard InChI is InChI=1S/C6H11N3/c1-3-5-6(7)8-4-9(5)2/h4H,3,7H2,1-2H3. The number of hydrogen-bond acceptors (Lipinski definition) is 2. The van der Waals surface area contributed by atoms with Crippen LogP contribution in [0, 0.1) is 0 Å². The van der Waals surface area contributed by atoms with Crippen LogP contribution in [-0.4, -0.2) is 9.55 Å². The maximum Gasteiger partial charge on any atom is 0.144 e. The van der Waals surface area contributed by atoms with Crippen LogP contribution in [0.4, 0.5) is 5.82 Å². The lowest BCUT2D eigenvalue weighted by Gasteiger charge is -1.96. The van der Waals surface area contributed by atoms with Crippen LogP contribution in [0.2, 0.25) is 0 Å². The van der Waals surface area contributed by atoms with Crippen molar-refractivity contribution in [3.63, 3.8) is 0 Å². The van der Waals surface area contributed by atoms with Crippen LogP contribution in [0.15, 0.2) is 6.33 Å². The number of rotatable bonds is 1. The van der Waals surface area contributed by atoms with Gasteiger partial charge >= 0.3 is 0 Å². The Morgan fingerprint density at radius 1 is 1.78 bits per heavy atom. The molecule has 1 rings (SSSR count). The minimum absolute atomic E-state index is 0.653. The molecule has 0 aliphatic heterocycles. The summed E-state index contributed by atoms with van der Waals surface area (Å²) in [7, 11) is 1.95. The first-order valence-corrected chi connectivity index (χ1v) is 3.01. The van der Waals surface area contributed by atoms with Crippen molar-refractivity contribution in [2.45, 2.75) is 13.3 Å². The van der Waals surface area contributed by atoms with Gasteiger partial charge < -0.3 is 10.3 Å². The highest BCUT2D eigenvalue weighted by molar-refractivity contribution is 5.34. The molecule has 0 aromatic carbocycles. The largest absolute Gasteiger partial charge is 0.382 e. The Labute approximate surface area is 54.5 Å². The lowest BCUT2D eigenvalue weighted by molar-refractivity contribution is 0.834. The molecule has 1 aromatic heterocycles. The van der Waals surface area contributed by atoms with Gasteiger partial charge in [-0.05, 0) is 6.42 Å². The van der Waals surface area contributed by atoms with Crippen LogP contribution >= 0.6 is 0 Å². The molecule has 1 heterocycles. The first kappa shape index (κ1) is 6.13. The third-order valence-electron chi connectivity index (χ3n) is 1.43. The van der Waals surface area contributed by atoms with Crippen LogP contribution in [0.3, 0.4) is 0 Å². The normalized spacial score (nSPS) is 10.0.